The number of piperidine rings is 2. The highest BCUT2D eigenvalue weighted by Crippen LogP contribution is 2.42. The zero-order chi connectivity index (χ0) is 45.9. The molecule has 10 N–H and O–H groups in total. The molecule has 17 heteroatoms. The monoisotopic (exact) mass is 895 g/mol. The van der Waals surface area contributed by atoms with E-state index >= 15 is 0 Å². The average Bonchev–Trinajstić information content (AvgIpc) is 3.32. The van der Waals surface area contributed by atoms with E-state index in [1.54, 1.807) is 0 Å². The van der Waals surface area contributed by atoms with Gasteiger partial charge in [0.2, 0.25) is 35.7 Å². The van der Waals surface area contributed by atoms with Gasteiger partial charge in [-0.1, -0.05) is 67.5 Å². The van der Waals surface area contributed by atoms with Crippen molar-refractivity contribution in [1.29, 1.82) is 0 Å². The minimum atomic E-state index is 0.0213. The van der Waals surface area contributed by atoms with Gasteiger partial charge in [0.1, 0.15) is 0 Å². The summed E-state index contributed by atoms with van der Waals surface area (Å²) >= 11 is 1.97. The number of hydrogen-bond donors (Lipinski definition) is 8. The summed E-state index contributed by atoms with van der Waals surface area (Å²) in [6.45, 7) is 31.2. The van der Waals surface area contributed by atoms with Crippen molar-refractivity contribution in [1.82, 2.24) is 40.5 Å². The molecule has 356 valence electrons. The van der Waals surface area contributed by atoms with E-state index in [1.807, 2.05) is 23.9 Å². The fourth-order valence-corrected chi connectivity index (χ4v) is 10.8. The normalized spacial score (nSPS) is 18.1. The zero-order valence-electron chi connectivity index (χ0n) is 40.4. The number of aromatic nitrogens is 6. The lowest BCUT2D eigenvalue weighted by atomic mass is 9.71. The first-order valence-electron chi connectivity index (χ1n) is 24.3. The molecule has 0 saturated carbocycles. The van der Waals surface area contributed by atoms with Crippen molar-refractivity contribution in [2.75, 3.05) is 94.9 Å². The van der Waals surface area contributed by atoms with Crippen molar-refractivity contribution < 1.29 is 0 Å². The van der Waals surface area contributed by atoms with Gasteiger partial charge in [-0.3, -0.25) is 0 Å². The molecular weight excluding hydrogens is 809 g/mol. The predicted octanol–water partition coefficient (Wildman–Crippen LogP) is 6.78. The van der Waals surface area contributed by atoms with Crippen LogP contribution in [-0.4, -0.2) is 128 Å². The molecule has 2 aliphatic rings. The van der Waals surface area contributed by atoms with Crippen LogP contribution in [0, 0.1) is 0 Å². The second-order valence-corrected chi connectivity index (χ2v) is 18.9. The first-order chi connectivity index (χ1) is 30.5. The molecule has 0 aliphatic carbocycles. The van der Waals surface area contributed by atoms with E-state index in [1.165, 1.54) is 0 Å². The Bertz CT molecular complexity index is 1500. The van der Waals surface area contributed by atoms with E-state index in [-0.39, 0.29) is 34.2 Å². The van der Waals surface area contributed by atoms with Crippen LogP contribution in [0.2, 0.25) is 0 Å². The van der Waals surface area contributed by atoms with Crippen molar-refractivity contribution in [3.05, 3.63) is 25.3 Å². The van der Waals surface area contributed by atoms with Crippen molar-refractivity contribution in [2.24, 2.45) is 11.5 Å². The molecule has 4 rings (SSSR count). The van der Waals surface area contributed by atoms with E-state index in [4.69, 9.17) is 41.4 Å². The average molecular weight is 895 g/mol. The fraction of sp³-hybridized carbons (Fsp3) is 0.783. The lowest BCUT2D eigenvalue weighted by molar-refractivity contribution is 0.0926. The van der Waals surface area contributed by atoms with Crippen LogP contribution in [0.1, 0.15) is 132 Å². The molecule has 0 unspecified atom stereocenters. The number of thioether (sulfide) groups is 1. The summed E-state index contributed by atoms with van der Waals surface area (Å²) < 4.78 is 0. The second-order valence-electron chi connectivity index (χ2n) is 17.7. The van der Waals surface area contributed by atoms with Gasteiger partial charge in [-0.15, -0.1) is 13.2 Å². The molecule has 2 aliphatic heterocycles. The molecule has 0 radical (unpaired) electrons. The summed E-state index contributed by atoms with van der Waals surface area (Å²) in [5.41, 5.74) is 11.9. The summed E-state index contributed by atoms with van der Waals surface area (Å²) in [5, 5.41) is 21.8. The molecular formula is C46H86N16S. The van der Waals surface area contributed by atoms with Gasteiger partial charge in [0.15, 0.2) is 0 Å². The molecule has 0 atom stereocenters. The maximum Gasteiger partial charge on any atom is 0.232 e. The molecule has 0 spiro atoms. The van der Waals surface area contributed by atoms with E-state index < -0.39 is 0 Å². The predicted molar refractivity (Wildman–Crippen MR) is 270 cm³/mol. The minimum absolute atomic E-state index is 0.0213. The van der Waals surface area contributed by atoms with Gasteiger partial charge in [0.05, 0.1) is 0 Å². The lowest BCUT2D eigenvalue weighted by Crippen LogP contribution is -2.66. The minimum Gasteiger partial charge on any atom is -0.353 e. The third-order valence-electron chi connectivity index (χ3n) is 14.2. The Hall–Kier alpha value is -3.51. The lowest BCUT2D eigenvalue weighted by Gasteiger charge is -2.54. The molecule has 0 aromatic carbocycles. The van der Waals surface area contributed by atoms with Crippen LogP contribution in [0.5, 0.6) is 0 Å². The number of rotatable bonds is 30. The van der Waals surface area contributed by atoms with Crippen LogP contribution in [0.15, 0.2) is 25.3 Å². The highest BCUT2D eigenvalue weighted by Gasteiger charge is 2.48. The van der Waals surface area contributed by atoms with Crippen LogP contribution >= 0.6 is 11.8 Å². The van der Waals surface area contributed by atoms with E-state index in [2.05, 4.69) is 110 Å². The Labute approximate surface area is 385 Å². The Morgan fingerprint density at radius 2 is 0.841 bits per heavy atom. The van der Waals surface area contributed by atoms with E-state index in [9.17, 15) is 0 Å². The summed E-state index contributed by atoms with van der Waals surface area (Å²) in [7, 11) is 0. The first kappa shape index (κ1) is 52.1. The molecule has 0 bridgehead atoms. The third-order valence-corrected chi connectivity index (χ3v) is 15.2. The Morgan fingerprint density at radius 1 is 0.540 bits per heavy atom. The number of nitrogens with zero attached hydrogens (tertiary/aromatic N) is 8. The highest BCUT2D eigenvalue weighted by molar-refractivity contribution is 7.99. The quantitative estimate of drug-likeness (QED) is 0.0300. The van der Waals surface area contributed by atoms with Gasteiger partial charge in [-0.2, -0.15) is 41.7 Å². The van der Waals surface area contributed by atoms with Crippen LogP contribution in [-0.2, 0) is 0 Å². The Kier molecular flexibility index (Phi) is 20.9. The maximum atomic E-state index is 5.92. The standard InChI is InChI=1S/C46H86N16S/c1-11-23-49-37-53-39(51-25-21-47)57-41(55-37)61(35-31-43(13-3,14-4)59-44(15-5,16-6)32-35)27-29-63-30-28-62(36-33-45(17-7,18-8)60-46(19-9,20-10)34-36)42-56-38(50-24-12-2)54-40(58-42)52-26-22-48/h11-12,35-36,59-60H,1-2,13-34,47-48H2,3-10H3,(H2,49,51,53,55,57)(H2,50,52,54,56,58). The van der Waals surface area contributed by atoms with Crippen molar-refractivity contribution in [3.63, 3.8) is 0 Å². The molecule has 2 aromatic rings. The van der Waals surface area contributed by atoms with Crippen molar-refractivity contribution >= 4 is 47.5 Å². The molecule has 63 heavy (non-hydrogen) atoms. The topological polar surface area (TPSA) is 208 Å². The molecule has 0 amide bonds. The van der Waals surface area contributed by atoms with Gasteiger partial charge in [0.25, 0.3) is 0 Å². The van der Waals surface area contributed by atoms with Gasteiger partial charge in [-0.25, -0.2) is 0 Å². The summed E-state index contributed by atoms with van der Waals surface area (Å²) in [6, 6.07) is 0.460. The SMILES string of the molecule is C=CCNc1nc(NCCN)nc(N(CCSCCN(c2nc(NCC=C)nc(NCCN)n2)C2CC(CC)(CC)NC(CC)(CC)C2)C2CC(CC)(CC)NC(CC)(CC)C2)n1. The van der Waals surface area contributed by atoms with E-state index in [0.29, 0.717) is 75.0 Å². The van der Waals surface area contributed by atoms with E-state index in [0.717, 1.165) is 102 Å². The molecule has 4 heterocycles. The number of hydrogen-bond acceptors (Lipinski definition) is 17. The number of nitrogens with one attached hydrogen (secondary N) is 6. The van der Waals surface area contributed by atoms with Crippen LogP contribution in [0.4, 0.5) is 35.7 Å². The smallest absolute Gasteiger partial charge is 0.232 e. The summed E-state index contributed by atoms with van der Waals surface area (Å²) in [5.74, 6) is 5.28. The maximum absolute atomic E-state index is 5.92. The molecule has 2 saturated heterocycles. The van der Waals surface area contributed by atoms with Crippen LogP contribution in [0.25, 0.3) is 0 Å². The van der Waals surface area contributed by atoms with Gasteiger partial charge in [0, 0.05) is 98.1 Å². The number of anilines is 6. The molecule has 2 aromatic heterocycles. The second kappa shape index (κ2) is 25.3. The van der Waals surface area contributed by atoms with Crippen LogP contribution in [0.3, 0.4) is 0 Å². The molecule has 16 nitrogen and oxygen atoms in total. The largest absolute Gasteiger partial charge is 0.353 e. The van der Waals surface area contributed by atoms with Gasteiger partial charge < -0.3 is 53.2 Å². The van der Waals surface area contributed by atoms with Gasteiger partial charge in [-0.05, 0) is 77.0 Å². The summed E-state index contributed by atoms with van der Waals surface area (Å²) in [4.78, 5) is 34.7. The van der Waals surface area contributed by atoms with Crippen LogP contribution < -0.4 is 53.2 Å². The van der Waals surface area contributed by atoms with Crippen molar-refractivity contribution in [2.45, 2.75) is 167 Å². The molecule has 2 fully saturated rings. The number of nitrogens with two attached hydrogens (primary N) is 2. The fourth-order valence-electron chi connectivity index (χ4n) is 9.90. The zero-order valence-corrected chi connectivity index (χ0v) is 41.2. The van der Waals surface area contributed by atoms with Gasteiger partial charge >= 0.3 is 0 Å². The highest BCUT2D eigenvalue weighted by atomic mass is 32.2. The summed E-state index contributed by atoms with van der Waals surface area (Å²) in [6.07, 6.45) is 16.2. The Morgan fingerprint density at radius 3 is 1.11 bits per heavy atom. The van der Waals surface area contributed by atoms with Crippen molar-refractivity contribution in [3.8, 4) is 0 Å². The Balaban J connectivity index is 1.72. The third kappa shape index (κ3) is 13.8. The first-order valence-corrected chi connectivity index (χ1v) is 25.4.